The molecule has 0 unspecified atom stereocenters. The third-order valence-electron chi connectivity index (χ3n) is 4.53. The molecule has 1 N–H and O–H groups in total. The largest absolute Gasteiger partial charge is 0.491 e. The number of amides is 1. The van der Waals surface area contributed by atoms with E-state index in [4.69, 9.17) is 4.74 Å². The number of thiophene rings is 1. The molecule has 0 radical (unpaired) electrons. The van der Waals surface area contributed by atoms with Crippen LogP contribution in [0.15, 0.2) is 60.0 Å². The van der Waals surface area contributed by atoms with E-state index in [0.717, 1.165) is 28.1 Å². The number of carbonyl (C=O) groups excluding carboxylic acids is 1. The Morgan fingerprint density at radius 1 is 1.08 bits per heavy atom. The van der Waals surface area contributed by atoms with Crippen molar-refractivity contribution in [3.05, 3.63) is 70.4 Å². The number of fused-ring (bicyclic) bond motifs is 1. The Kier molecular flexibility index (Phi) is 4.51. The Morgan fingerprint density at radius 3 is 2.50 bits per heavy atom. The van der Waals surface area contributed by atoms with Crippen LogP contribution in [0.3, 0.4) is 0 Å². The highest BCUT2D eigenvalue weighted by atomic mass is 32.1. The minimum absolute atomic E-state index is 0.0700. The second-order valence-electron chi connectivity index (χ2n) is 6.80. The summed E-state index contributed by atoms with van der Waals surface area (Å²) in [7, 11) is 0. The second-order valence-corrected chi connectivity index (χ2v) is 7.71. The molecule has 1 amide bonds. The smallest absolute Gasteiger partial charge is 0.225 e. The van der Waals surface area contributed by atoms with Gasteiger partial charge in [-0.05, 0) is 37.1 Å². The van der Waals surface area contributed by atoms with E-state index in [2.05, 4.69) is 35.0 Å². The van der Waals surface area contributed by atoms with Gasteiger partial charge in [-0.3, -0.25) is 4.79 Å². The molecule has 0 saturated heterocycles. The molecule has 1 aliphatic rings. The summed E-state index contributed by atoms with van der Waals surface area (Å²) in [5, 5.41) is 5.24. The highest BCUT2D eigenvalue weighted by molar-refractivity contribution is 7.11. The minimum Gasteiger partial charge on any atom is -0.491 e. The third-order valence-corrected chi connectivity index (χ3v) is 5.63. The van der Waals surface area contributed by atoms with Crippen molar-refractivity contribution in [1.29, 1.82) is 0 Å². The Balaban J connectivity index is 1.70. The molecule has 0 bridgehead atoms. The summed E-state index contributed by atoms with van der Waals surface area (Å²) in [5.41, 5.74) is 4.35. The van der Waals surface area contributed by atoms with Crippen molar-refractivity contribution >= 4 is 22.9 Å². The van der Waals surface area contributed by atoms with Crippen LogP contribution >= 0.6 is 11.3 Å². The molecule has 3 nitrogen and oxygen atoms in total. The van der Waals surface area contributed by atoms with Crippen molar-refractivity contribution < 1.29 is 9.53 Å². The summed E-state index contributed by atoms with van der Waals surface area (Å²) in [6.07, 6.45) is 0.630. The summed E-state index contributed by atoms with van der Waals surface area (Å²) in [6, 6.07) is 18.3. The zero-order valence-electron chi connectivity index (χ0n) is 14.9. The van der Waals surface area contributed by atoms with Crippen LogP contribution in [0.1, 0.15) is 36.6 Å². The molecular weight excluding hydrogens is 342 g/mol. The summed E-state index contributed by atoms with van der Waals surface area (Å²) in [6.45, 7) is 4.03. The number of anilines is 1. The monoisotopic (exact) mass is 363 g/mol. The molecule has 0 aliphatic carbocycles. The van der Waals surface area contributed by atoms with Crippen molar-refractivity contribution in [3.63, 3.8) is 0 Å². The maximum atomic E-state index is 12.4. The molecule has 132 valence electrons. The predicted octanol–water partition coefficient (Wildman–Crippen LogP) is 5.68. The third kappa shape index (κ3) is 3.25. The number of hydrogen-bond donors (Lipinski definition) is 1. The topological polar surface area (TPSA) is 38.3 Å². The Morgan fingerprint density at radius 2 is 1.81 bits per heavy atom. The lowest BCUT2D eigenvalue weighted by molar-refractivity contribution is -0.116. The Bertz CT molecular complexity index is 913. The van der Waals surface area contributed by atoms with E-state index >= 15 is 0 Å². The van der Waals surface area contributed by atoms with E-state index in [1.807, 2.05) is 44.2 Å². The fourth-order valence-corrected chi connectivity index (χ4v) is 4.54. The maximum Gasteiger partial charge on any atom is 0.225 e. The zero-order valence-corrected chi connectivity index (χ0v) is 15.7. The number of rotatable bonds is 4. The molecule has 2 aromatic carbocycles. The summed E-state index contributed by atoms with van der Waals surface area (Å²) in [5.74, 6) is 1.02. The number of hydrogen-bond acceptors (Lipinski definition) is 3. The van der Waals surface area contributed by atoms with Gasteiger partial charge >= 0.3 is 0 Å². The summed E-state index contributed by atoms with van der Waals surface area (Å²) in [4.78, 5) is 13.6. The van der Waals surface area contributed by atoms with Crippen molar-refractivity contribution in [3.8, 4) is 16.9 Å². The zero-order chi connectivity index (χ0) is 18.1. The SMILES string of the molecule is CC(C)Oc1ccc([C@@H]2CC(=O)Nc3c(-c4ccccc4)csc32)cc1. The molecular formula is C22H21NO2S. The van der Waals surface area contributed by atoms with Gasteiger partial charge in [0.2, 0.25) is 5.91 Å². The Labute approximate surface area is 157 Å². The van der Waals surface area contributed by atoms with Crippen LogP contribution in [0.25, 0.3) is 11.1 Å². The average Bonchev–Trinajstić information content (AvgIpc) is 3.05. The molecule has 4 rings (SSSR count). The first-order valence-electron chi connectivity index (χ1n) is 8.85. The molecule has 0 fully saturated rings. The van der Waals surface area contributed by atoms with Gasteiger partial charge in [0.05, 0.1) is 11.8 Å². The van der Waals surface area contributed by atoms with Crippen LogP contribution in [-0.2, 0) is 4.79 Å². The van der Waals surface area contributed by atoms with Crippen molar-refractivity contribution in [2.24, 2.45) is 0 Å². The molecule has 0 saturated carbocycles. The molecule has 2 heterocycles. The fraction of sp³-hybridized carbons (Fsp3) is 0.227. The van der Waals surface area contributed by atoms with E-state index in [1.165, 1.54) is 4.88 Å². The lowest BCUT2D eigenvalue weighted by atomic mass is 9.89. The van der Waals surface area contributed by atoms with Crippen LogP contribution < -0.4 is 10.1 Å². The van der Waals surface area contributed by atoms with Gasteiger partial charge in [0, 0.05) is 28.2 Å². The van der Waals surface area contributed by atoms with Crippen molar-refractivity contribution in [1.82, 2.24) is 0 Å². The average molecular weight is 363 g/mol. The van der Waals surface area contributed by atoms with E-state index in [0.29, 0.717) is 6.42 Å². The lowest BCUT2D eigenvalue weighted by Crippen LogP contribution is -2.22. The van der Waals surface area contributed by atoms with Crippen LogP contribution in [0.2, 0.25) is 0 Å². The first-order chi connectivity index (χ1) is 12.6. The molecule has 1 aromatic heterocycles. The number of benzene rings is 2. The van der Waals surface area contributed by atoms with Gasteiger partial charge in [0.1, 0.15) is 5.75 Å². The van der Waals surface area contributed by atoms with Crippen molar-refractivity contribution in [2.45, 2.75) is 32.3 Å². The van der Waals surface area contributed by atoms with Gasteiger partial charge < -0.3 is 10.1 Å². The van der Waals surface area contributed by atoms with Crippen LogP contribution in [0.5, 0.6) is 5.75 Å². The van der Waals surface area contributed by atoms with E-state index in [1.54, 1.807) is 11.3 Å². The van der Waals surface area contributed by atoms with Gasteiger partial charge in [-0.25, -0.2) is 0 Å². The maximum absolute atomic E-state index is 12.4. The van der Waals surface area contributed by atoms with Gasteiger partial charge in [-0.1, -0.05) is 42.5 Å². The molecule has 4 heteroatoms. The quantitative estimate of drug-likeness (QED) is 0.648. The number of nitrogens with one attached hydrogen (secondary N) is 1. The van der Waals surface area contributed by atoms with E-state index < -0.39 is 0 Å². The number of carbonyl (C=O) groups is 1. The molecule has 0 spiro atoms. The van der Waals surface area contributed by atoms with Gasteiger partial charge in [0.15, 0.2) is 0 Å². The normalized spacial score (nSPS) is 16.3. The second kappa shape index (κ2) is 6.96. The standard InChI is InChI=1S/C22H21NO2S/c1-14(2)25-17-10-8-16(9-11-17)18-12-20(24)23-21-19(13-26-22(18)21)15-6-4-3-5-7-15/h3-11,13-14,18H,12H2,1-2H3,(H,23,24)/t18-/m0/s1. The predicted molar refractivity (Wildman–Crippen MR) is 107 cm³/mol. The van der Waals surface area contributed by atoms with Crippen molar-refractivity contribution in [2.75, 3.05) is 5.32 Å². The van der Waals surface area contributed by atoms with Crippen LogP contribution in [0, 0.1) is 0 Å². The number of ether oxygens (including phenoxy) is 1. The lowest BCUT2D eigenvalue weighted by Gasteiger charge is -2.24. The highest BCUT2D eigenvalue weighted by Gasteiger charge is 2.30. The van der Waals surface area contributed by atoms with Crippen LogP contribution in [0.4, 0.5) is 5.69 Å². The molecule has 1 atom stereocenters. The minimum atomic E-state index is 0.0700. The van der Waals surface area contributed by atoms with Gasteiger partial charge in [0.25, 0.3) is 0 Å². The first-order valence-corrected chi connectivity index (χ1v) is 9.73. The van der Waals surface area contributed by atoms with E-state index in [9.17, 15) is 4.79 Å². The van der Waals surface area contributed by atoms with Gasteiger partial charge in [-0.15, -0.1) is 11.3 Å². The molecule has 1 aliphatic heterocycles. The van der Waals surface area contributed by atoms with E-state index in [-0.39, 0.29) is 17.9 Å². The summed E-state index contributed by atoms with van der Waals surface area (Å²) >= 11 is 1.72. The molecule has 3 aromatic rings. The summed E-state index contributed by atoms with van der Waals surface area (Å²) < 4.78 is 5.73. The first kappa shape index (κ1) is 16.9. The van der Waals surface area contributed by atoms with Gasteiger partial charge in [-0.2, -0.15) is 0 Å². The highest BCUT2D eigenvalue weighted by Crippen LogP contribution is 2.46. The Hall–Kier alpha value is -2.59. The molecule has 26 heavy (non-hydrogen) atoms. The fourth-order valence-electron chi connectivity index (χ4n) is 3.38. The van der Waals surface area contributed by atoms with Crippen LogP contribution in [-0.4, -0.2) is 12.0 Å².